The molecule has 3 N–H and O–H groups in total. The van der Waals surface area contributed by atoms with Crippen molar-refractivity contribution in [3.8, 4) is 0 Å². The molecule has 1 aliphatic rings. The van der Waals surface area contributed by atoms with E-state index in [2.05, 4.69) is 4.98 Å². The Balaban J connectivity index is 2.48. The molecule has 0 radical (unpaired) electrons. The molecule has 1 unspecified atom stereocenters. The zero-order valence-corrected chi connectivity index (χ0v) is 8.73. The lowest BCUT2D eigenvalue weighted by Crippen LogP contribution is -2.45. The van der Waals surface area contributed by atoms with Crippen LogP contribution in [0.15, 0.2) is 6.33 Å². The summed E-state index contributed by atoms with van der Waals surface area (Å²) >= 11 is 0. The number of carboxylic acid groups (broad SMARTS) is 1. The molecule has 1 aliphatic heterocycles. The van der Waals surface area contributed by atoms with Crippen LogP contribution in [0.5, 0.6) is 0 Å². The summed E-state index contributed by atoms with van der Waals surface area (Å²) in [5.74, 6) is -1.00. The molecule has 82 valence electrons. The van der Waals surface area contributed by atoms with E-state index in [9.17, 15) is 4.79 Å². The van der Waals surface area contributed by atoms with Crippen molar-refractivity contribution in [1.29, 1.82) is 0 Å². The normalized spacial score (nSPS) is 18.5. The highest BCUT2D eigenvalue weighted by Crippen LogP contribution is 2.28. The van der Waals surface area contributed by atoms with Gasteiger partial charge in [-0.25, -0.2) is 9.78 Å². The lowest BCUT2D eigenvalue weighted by molar-refractivity contribution is -0.144. The Morgan fingerprint density at radius 1 is 1.80 bits per heavy atom. The van der Waals surface area contributed by atoms with E-state index in [4.69, 9.17) is 10.8 Å². The van der Waals surface area contributed by atoms with Crippen LogP contribution in [-0.4, -0.2) is 20.6 Å². The second-order valence-electron chi connectivity index (χ2n) is 3.97. The Hall–Kier alpha value is -1.36. The highest BCUT2D eigenvalue weighted by atomic mass is 16.4. The van der Waals surface area contributed by atoms with Crippen LogP contribution in [0.25, 0.3) is 0 Å². The van der Waals surface area contributed by atoms with Crippen molar-refractivity contribution in [2.24, 2.45) is 5.73 Å². The van der Waals surface area contributed by atoms with Gasteiger partial charge in [0, 0.05) is 12.2 Å². The van der Waals surface area contributed by atoms with E-state index in [0.29, 0.717) is 12.1 Å². The summed E-state index contributed by atoms with van der Waals surface area (Å²) in [6, 6.07) is 0. The van der Waals surface area contributed by atoms with Gasteiger partial charge in [0.15, 0.2) is 5.54 Å². The van der Waals surface area contributed by atoms with Gasteiger partial charge in [-0.05, 0) is 19.3 Å². The number of carbonyl (C=O) groups is 1. The zero-order chi connectivity index (χ0) is 11.1. The molecule has 5 nitrogen and oxygen atoms in total. The number of imidazole rings is 1. The van der Waals surface area contributed by atoms with E-state index in [1.807, 2.05) is 4.57 Å². The third-order valence-electron chi connectivity index (χ3n) is 3.12. The minimum absolute atomic E-state index is 0.354. The molecule has 2 heterocycles. The molecule has 2 rings (SSSR count). The maximum absolute atomic E-state index is 11.2. The SMILES string of the molecule is CCC(N)(C(=O)O)c1ncn2c1CCC2. The number of hydrogen-bond acceptors (Lipinski definition) is 3. The third-order valence-corrected chi connectivity index (χ3v) is 3.12. The maximum atomic E-state index is 11.2. The zero-order valence-electron chi connectivity index (χ0n) is 8.73. The first-order valence-corrected chi connectivity index (χ1v) is 5.16. The number of carboxylic acids is 1. The fourth-order valence-corrected chi connectivity index (χ4v) is 2.07. The summed E-state index contributed by atoms with van der Waals surface area (Å²) in [5, 5.41) is 9.16. The van der Waals surface area contributed by atoms with Crippen molar-refractivity contribution in [2.45, 2.75) is 38.3 Å². The minimum atomic E-state index is -1.33. The van der Waals surface area contributed by atoms with Gasteiger partial charge >= 0.3 is 5.97 Å². The number of aliphatic carboxylic acids is 1. The van der Waals surface area contributed by atoms with Gasteiger partial charge in [0.2, 0.25) is 0 Å². The number of fused-ring (bicyclic) bond motifs is 1. The van der Waals surface area contributed by atoms with E-state index in [1.165, 1.54) is 0 Å². The number of nitrogens with two attached hydrogens (primary N) is 1. The van der Waals surface area contributed by atoms with Gasteiger partial charge in [-0.2, -0.15) is 0 Å². The lowest BCUT2D eigenvalue weighted by Gasteiger charge is -2.21. The highest BCUT2D eigenvalue weighted by Gasteiger charge is 2.39. The van der Waals surface area contributed by atoms with Crippen molar-refractivity contribution in [2.75, 3.05) is 0 Å². The summed E-state index contributed by atoms with van der Waals surface area (Å²) in [6.07, 6.45) is 3.97. The van der Waals surface area contributed by atoms with Crippen molar-refractivity contribution >= 4 is 5.97 Å². The summed E-state index contributed by atoms with van der Waals surface area (Å²) in [6.45, 7) is 2.69. The van der Waals surface area contributed by atoms with Crippen LogP contribution in [0.2, 0.25) is 0 Å². The van der Waals surface area contributed by atoms with Gasteiger partial charge in [0.25, 0.3) is 0 Å². The van der Waals surface area contributed by atoms with Crippen molar-refractivity contribution in [1.82, 2.24) is 9.55 Å². The average Bonchev–Trinajstić information content (AvgIpc) is 2.76. The van der Waals surface area contributed by atoms with E-state index in [0.717, 1.165) is 25.1 Å². The number of aromatic nitrogens is 2. The Morgan fingerprint density at radius 3 is 3.13 bits per heavy atom. The summed E-state index contributed by atoms with van der Waals surface area (Å²) < 4.78 is 2.00. The number of aryl methyl sites for hydroxylation is 1. The van der Waals surface area contributed by atoms with Crippen LogP contribution >= 0.6 is 0 Å². The van der Waals surface area contributed by atoms with E-state index >= 15 is 0 Å². The predicted octanol–water partition coefficient (Wildman–Crippen LogP) is 0.478. The first kappa shape index (κ1) is 10.2. The summed E-state index contributed by atoms with van der Waals surface area (Å²) in [7, 11) is 0. The largest absolute Gasteiger partial charge is 0.480 e. The van der Waals surface area contributed by atoms with Crippen LogP contribution in [0.3, 0.4) is 0 Å². The van der Waals surface area contributed by atoms with E-state index in [-0.39, 0.29) is 0 Å². The second kappa shape index (κ2) is 3.34. The first-order valence-electron chi connectivity index (χ1n) is 5.16. The molecule has 0 amide bonds. The van der Waals surface area contributed by atoms with Crippen LogP contribution < -0.4 is 5.73 Å². The molecule has 1 aromatic rings. The predicted molar refractivity (Wildman–Crippen MR) is 54.3 cm³/mol. The molecule has 1 atom stereocenters. The van der Waals surface area contributed by atoms with Gasteiger partial charge in [-0.3, -0.25) is 0 Å². The summed E-state index contributed by atoms with van der Waals surface area (Å²) in [5.41, 5.74) is 6.10. The fourth-order valence-electron chi connectivity index (χ4n) is 2.07. The van der Waals surface area contributed by atoms with Crippen LogP contribution in [-0.2, 0) is 23.3 Å². The smallest absolute Gasteiger partial charge is 0.330 e. The molecule has 0 aliphatic carbocycles. The molecule has 0 fully saturated rings. The average molecular weight is 209 g/mol. The molecule has 15 heavy (non-hydrogen) atoms. The van der Waals surface area contributed by atoms with Gasteiger partial charge in [0.1, 0.15) is 0 Å². The molecule has 0 spiro atoms. The number of rotatable bonds is 3. The Morgan fingerprint density at radius 2 is 2.53 bits per heavy atom. The van der Waals surface area contributed by atoms with Gasteiger partial charge in [-0.15, -0.1) is 0 Å². The Kier molecular flexibility index (Phi) is 2.26. The van der Waals surface area contributed by atoms with Crippen LogP contribution in [0.1, 0.15) is 31.2 Å². The molecular formula is C10H15N3O2. The molecule has 0 aromatic carbocycles. The van der Waals surface area contributed by atoms with Gasteiger partial charge in [-0.1, -0.05) is 6.92 Å². The number of hydrogen-bond donors (Lipinski definition) is 2. The molecule has 0 saturated heterocycles. The van der Waals surface area contributed by atoms with Crippen LogP contribution in [0, 0.1) is 0 Å². The summed E-state index contributed by atoms with van der Waals surface area (Å²) in [4.78, 5) is 15.3. The molecule has 1 aromatic heterocycles. The van der Waals surface area contributed by atoms with Crippen LogP contribution in [0.4, 0.5) is 0 Å². The standard InChI is InChI=1S/C10H15N3O2/c1-2-10(11,9(14)15)8-7-4-3-5-13(7)6-12-8/h6H,2-5,11H2,1H3,(H,14,15). The molecular weight excluding hydrogens is 194 g/mol. The monoisotopic (exact) mass is 209 g/mol. The Labute approximate surface area is 87.9 Å². The fraction of sp³-hybridized carbons (Fsp3) is 0.600. The van der Waals surface area contributed by atoms with Crippen molar-refractivity contribution in [3.05, 3.63) is 17.7 Å². The van der Waals surface area contributed by atoms with Crippen molar-refractivity contribution in [3.63, 3.8) is 0 Å². The van der Waals surface area contributed by atoms with Crippen molar-refractivity contribution < 1.29 is 9.90 Å². The molecule has 5 heteroatoms. The maximum Gasteiger partial charge on any atom is 0.330 e. The first-order chi connectivity index (χ1) is 7.09. The third kappa shape index (κ3) is 1.34. The molecule has 0 saturated carbocycles. The number of nitrogens with zero attached hydrogens (tertiary/aromatic N) is 2. The van der Waals surface area contributed by atoms with Gasteiger partial charge < -0.3 is 15.4 Å². The topological polar surface area (TPSA) is 81.1 Å². The van der Waals surface area contributed by atoms with E-state index < -0.39 is 11.5 Å². The Bertz CT molecular complexity index is 399. The second-order valence-corrected chi connectivity index (χ2v) is 3.97. The lowest BCUT2D eigenvalue weighted by atomic mass is 9.91. The minimum Gasteiger partial charge on any atom is -0.480 e. The van der Waals surface area contributed by atoms with E-state index in [1.54, 1.807) is 13.3 Å². The molecule has 0 bridgehead atoms. The highest BCUT2D eigenvalue weighted by molar-refractivity contribution is 5.80. The quantitative estimate of drug-likeness (QED) is 0.758. The van der Waals surface area contributed by atoms with Gasteiger partial charge in [0.05, 0.1) is 12.0 Å².